The van der Waals surface area contributed by atoms with Crippen LogP contribution in [0.5, 0.6) is 0 Å². The maximum absolute atomic E-state index is 14.4. The summed E-state index contributed by atoms with van der Waals surface area (Å²) < 4.78 is 28.9. The van der Waals surface area contributed by atoms with Gasteiger partial charge in [-0.25, -0.2) is 8.42 Å². The van der Waals surface area contributed by atoms with Crippen LogP contribution in [0.4, 0.5) is 5.69 Å². The summed E-state index contributed by atoms with van der Waals surface area (Å²) in [5, 5.41) is 3.58. The summed E-state index contributed by atoms with van der Waals surface area (Å²) in [5.74, 6) is -1.01. The zero-order valence-corrected chi connectivity index (χ0v) is 26.4. The first-order chi connectivity index (χ1) is 20.6. The molecule has 224 valence electrons. The van der Waals surface area contributed by atoms with E-state index < -0.39 is 28.5 Å². The maximum atomic E-state index is 14.4. The Morgan fingerprint density at radius 1 is 0.814 bits per heavy atom. The highest BCUT2D eigenvalue weighted by atomic mass is 35.5. The molecular formula is C32H30Cl3N3O4S. The lowest BCUT2D eigenvalue weighted by Crippen LogP contribution is -2.53. The number of nitrogens with zero attached hydrogens (tertiary/aromatic N) is 2. The molecule has 4 rings (SSSR count). The van der Waals surface area contributed by atoms with Crippen molar-refractivity contribution in [3.8, 4) is 0 Å². The number of likely N-dealkylation sites (N-methyl/N-ethyl adjacent to an activating group) is 1. The minimum atomic E-state index is -4.28. The molecule has 1 N–H and O–H groups in total. The van der Waals surface area contributed by atoms with E-state index in [2.05, 4.69) is 5.32 Å². The Kier molecular flexibility index (Phi) is 11.1. The van der Waals surface area contributed by atoms with E-state index in [-0.39, 0.29) is 34.5 Å². The van der Waals surface area contributed by atoms with Crippen LogP contribution in [0.25, 0.3) is 0 Å². The summed E-state index contributed by atoms with van der Waals surface area (Å²) in [6.07, 6.45) is 0.190. The summed E-state index contributed by atoms with van der Waals surface area (Å²) in [4.78, 5) is 29.2. The number of halogens is 3. The molecule has 11 heteroatoms. The average Bonchev–Trinajstić information content (AvgIpc) is 3.00. The van der Waals surface area contributed by atoms with Crippen LogP contribution in [0, 0.1) is 0 Å². The zero-order valence-electron chi connectivity index (χ0n) is 23.3. The van der Waals surface area contributed by atoms with Gasteiger partial charge in [0, 0.05) is 29.6 Å². The lowest BCUT2D eigenvalue weighted by molar-refractivity contribution is -0.140. The number of carbonyl (C=O) groups excluding carboxylic acids is 2. The van der Waals surface area contributed by atoms with Crippen LogP contribution in [-0.4, -0.2) is 44.3 Å². The third kappa shape index (κ3) is 8.09. The third-order valence-corrected chi connectivity index (χ3v) is 9.39. The van der Waals surface area contributed by atoms with Crippen molar-refractivity contribution in [3.63, 3.8) is 0 Å². The summed E-state index contributed by atoms with van der Waals surface area (Å²) in [6.45, 7) is 1.44. The van der Waals surface area contributed by atoms with E-state index in [0.717, 1.165) is 9.87 Å². The fourth-order valence-electron chi connectivity index (χ4n) is 4.57. The average molecular weight is 659 g/mol. The van der Waals surface area contributed by atoms with Gasteiger partial charge in [-0.2, -0.15) is 0 Å². The van der Waals surface area contributed by atoms with Gasteiger partial charge in [0.2, 0.25) is 11.8 Å². The van der Waals surface area contributed by atoms with Gasteiger partial charge in [0.15, 0.2) is 0 Å². The van der Waals surface area contributed by atoms with E-state index >= 15 is 0 Å². The number of amides is 2. The Balaban J connectivity index is 1.82. The highest BCUT2D eigenvalue weighted by Gasteiger charge is 2.35. The first kappa shape index (κ1) is 32.4. The minimum absolute atomic E-state index is 0.0315. The van der Waals surface area contributed by atoms with E-state index in [9.17, 15) is 18.0 Å². The number of sulfonamides is 1. The van der Waals surface area contributed by atoms with Crippen LogP contribution in [0.3, 0.4) is 0 Å². The molecule has 4 aromatic carbocycles. The Bertz CT molecular complexity index is 1670. The van der Waals surface area contributed by atoms with Gasteiger partial charge >= 0.3 is 0 Å². The third-order valence-electron chi connectivity index (χ3n) is 6.71. The summed E-state index contributed by atoms with van der Waals surface area (Å²) >= 11 is 19.1. The molecule has 0 spiro atoms. The van der Waals surface area contributed by atoms with Gasteiger partial charge in [-0.3, -0.25) is 13.9 Å². The minimum Gasteiger partial charge on any atom is -0.355 e. The van der Waals surface area contributed by atoms with Crippen LogP contribution >= 0.6 is 34.8 Å². The quantitative estimate of drug-likeness (QED) is 0.185. The number of hydrogen-bond acceptors (Lipinski definition) is 4. The molecule has 0 aliphatic heterocycles. The van der Waals surface area contributed by atoms with Crippen molar-refractivity contribution >= 4 is 62.3 Å². The van der Waals surface area contributed by atoms with Gasteiger partial charge in [-0.1, -0.05) is 102 Å². The largest absolute Gasteiger partial charge is 0.355 e. The smallest absolute Gasteiger partial charge is 0.264 e. The fraction of sp³-hybridized carbons (Fsp3) is 0.188. The van der Waals surface area contributed by atoms with Gasteiger partial charge < -0.3 is 10.2 Å². The van der Waals surface area contributed by atoms with Crippen LogP contribution in [0.15, 0.2) is 108 Å². The van der Waals surface area contributed by atoms with Crippen molar-refractivity contribution in [1.29, 1.82) is 0 Å². The number of rotatable bonds is 12. The fourth-order valence-corrected chi connectivity index (χ4v) is 6.78. The standard InChI is InChI=1S/C32H30Cl3N3O4S/c1-2-36-32(40)30(19-23-11-5-3-6-12-23)37(21-24-13-9-10-16-27(24)34)31(39)22-38(29-18-17-25(33)20-28(29)35)43(41,42)26-14-7-4-8-15-26/h3-18,20,30H,2,19,21-22H2,1H3,(H,36,40). The molecule has 0 fully saturated rings. The molecule has 0 aromatic heterocycles. The number of anilines is 1. The normalized spacial score (nSPS) is 11.9. The topological polar surface area (TPSA) is 86.8 Å². The number of benzene rings is 4. The zero-order chi connectivity index (χ0) is 31.0. The molecule has 1 unspecified atom stereocenters. The molecule has 7 nitrogen and oxygen atoms in total. The van der Waals surface area contributed by atoms with Crippen molar-refractivity contribution in [1.82, 2.24) is 10.2 Å². The van der Waals surface area contributed by atoms with Crippen LogP contribution in [-0.2, 0) is 32.6 Å². The van der Waals surface area contributed by atoms with Gasteiger partial charge in [-0.15, -0.1) is 0 Å². The molecular weight excluding hydrogens is 629 g/mol. The van der Waals surface area contributed by atoms with Crippen molar-refractivity contribution in [2.45, 2.75) is 30.8 Å². The second-order valence-electron chi connectivity index (χ2n) is 9.63. The lowest BCUT2D eigenvalue weighted by Gasteiger charge is -2.34. The van der Waals surface area contributed by atoms with Crippen molar-refractivity contribution in [2.24, 2.45) is 0 Å². The Morgan fingerprint density at radius 2 is 1.44 bits per heavy atom. The van der Waals surface area contributed by atoms with Gasteiger partial charge in [-0.05, 0) is 54.4 Å². The van der Waals surface area contributed by atoms with Crippen LogP contribution in [0.1, 0.15) is 18.1 Å². The number of nitrogens with one attached hydrogen (secondary N) is 1. The van der Waals surface area contributed by atoms with Crippen LogP contribution < -0.4 is 9.62 Å². The van der Waals surface area contributed by atoms with Crippen molar-refractivity contribution in [3.05, 3.63) is 129 Å². The molecule has 43 heavy (non-hydrogen) atoms. The SMILES string of the molecule is CCNC(=O)C(Cc1ccccc1)N(Cc1ccccc1Cl)C(=O)CN(c1ccc(Cl)cc1Cl)S(=O)(=O)c1ccccc1. The first-order valence-electron chi connectivity index (χ1n) is 13.5. The molecule has 1 atom stereocenters. The highest BCUT2D eigenvalue weighted by Crippen LogP contribution is 2.33. The van der Waals surface area contributed by atoms with E-state index in [0.29, 0.717) is 22.2 Å². The lowest BCUT2D eigenvalue weighted by atomic mass is 10.0. The van der Waals surface area contributed by atoms with Gasteiger partial charge in [0.05, 0.1) is 15.6 Å². The second-order valence-corrected chi connectivity index (χ2v) is 12.7. The number of hydrogen-bond donors (Lipinski definition) is 1. The van der Waals surface area contributed by atoms with Crippen LogP contribution in [0.2, 0.25) is 15.1 Å². The Labute approximate surface area is 267 Å². The highest BCUT2D eigenvalue weighted by molar-refractivity contribution is 7.92. The van der Waals surface area contributed by atoms with E-state index in [1.54, 1.807) is 49.4 Å². The van der Waals surface area contributed by atoms with Gasteiger partial charge in [0.25, 0.3) is 10.0 Å². The van der Waals surface area contributed by atoms with Gasteiger partial charge in [0.1, 0.15) is 12.6 Å². The van der Waals surface area contributed by atoms with E-state index in [4.69, 9.17) is 34.8 Å². The van der Waals surface area contributed by atoms with E-state index in [1.165, 1.54) is 35.2 Å². The maximum Gasteiger partial charge on any atom is 0.264 e. The molecule has 4 aromatic rings. The molecule has 0 aliphatic carbocycles. The number of carbonyl (C=O) groups is 2. The monoisotopic (exact) mass is 657 g/mol. The molecule has 0 heterocycles. The predicted molar refractivity (Wildman–Crippen MR) is 172 cm³/mol. The molecule has 0 saturated carbocycles. The molecule has 0 aliphatic rings. The predicted octanol–water partition coefficient (Wildman–Crippen LogP) is 6.62. The molecule has 0 radical (unpaired) electrons. The van der Waals surface area contributed by atoms with E-state index in [1.807, 2.05) is 30.3 Å². The summed E-state index contributed by atoms with van der Waals surface area (Å²) in [7, 11) is -4.28. The Hall–Kier alpha value is -3.56. The molecule has 0 bridgehead atoms. The van der Waals surface area contributed by atoms with Crippen molar-refractivity contribution in [2.75, 3.05) is 17.4 Å². The molecule has 2 amide bonds. The summed E-state index contributed by atoms with van der Waals surface area (Å²) in [6, 6.07) is 27.4. The van der Waals surface area contributed by atoms with Crippen molar-refractivity contribution < 1.29 is 18.0 Å². The Morgan fingerprint density at radius 3 is 2.07 bits per heavy atom. The molecule has 0 saturated heterocycles. The first-order valence-corrected chi connectivity index (χ1v) is 16.1. The summed E-state index contributed by atoms with van der Waals surface area (Å²) in [5.41, 5.74) is 1.49. The second kappa shape index (κ2) is 14.8.